The van der Waals surface area contributed by atoms with Gasteiger partial charge in [0.15, 0.2) is 0 Å². The molecule has 19 heavy (non-hydrogen) atoms. The number of hydrogen-bond donors (Lipinski definition) is 2. The number of carbonyl (C=O) groups excluding carboxylic acids is 1. The summed E-state index contributed by atoms with van der Waals surface area (Å²) in [5.41, 5.74) is 1.76. The lowest BCUT2D eigenvalue weighted by atomic mass is 10.1. The highest BCUT2D eigenvalue weighted by molar-refractivity contribution is 6.29. The highest BCUT2D eigenvalue weighted by Crippen LogP contribution is 2.28. The maximum Gasteiger partial charge on any atom is 0.422 e. The highest BCUT2D eigenvalue weighted by Gasteiger charge is 2.14. The monoisotopic (exact) mass is 255 g/mol. The van der Waals surface area contributed by atoms with Gasteiger partial charge < -0.3 is 14.8 Å². The number of benzene rings is 2. The van der Waals surface area contributed by atoms with E-state index in [-0.39, 0.29) is 5.75 Å². The number of aromatic nitrogens is 1. The SMILES string of the molecule is O=C(O)C(=O)Oc1ccc2c(c1)[nH]c1ccccc12. The summed E-state index contributed by atoms with van der Waals surface area (Å²) >= 11 is 0. The Labute approximate surface area is 107 Å². The minimum Gasteiger partial charge on any atom is -0.473 e. The van der Waals surface area contributed by atoms with Crippen LogP contribution in [0.1, 0.15) is 0 Å². The molecule has 2 aromatic carbocycles. The lowest BCUT2D eigenvalue weighted by molar-refractivity contribution is -0.158. The summed E-state index contributed by atoms with van der Waals surface area (Å²) < 4.78 is 4.72. The second-order valence-corrected chi connectivity index (χ2v) is 4.07. The van der Waals surface area contributed by atoms with Crippen LogP contribution in [0.2, 0.25) is 0 Å². The molecule has 0 fully saturated rings. The van der Waals surface area contributed by atoms with E-state index in [1.807, 2.05) is 24.3 Å². The van der Waals surface area contributed by atoms with Gasteiger partial charge in [-0.1, -0.05) is 18.2 Å². The molecule has 5 nitrogen and oxygen atoms in total. The van der Waals surface area contributed by atoms with E-state index in [4.69, 9.17) is 9.84 Å². The largest absolute Gasteiger partial charge is 0.473 e. The summed E-state index contributed by atoms with van der Waals surface area (Å²) in [6, 6.07) is 12.8. The van der Waals surface area contributed by atoms with Crippen LogP contribution in [-0.2, 0) is 9.59 Å². The fourth-order valence-electron chi connectivity index (χ4n) is 2.05. The third-order valence-electron chi connectivity index (χ3n) is 2.86. The number of rotatable bonds is 1. The van der Waals surface area contributed by atoms with Crippen LogP contribution in [0.3, 0.4) is 0 Å². The van der Waals surface area contributed by atoms with Gasteiger partial charge in [-0.2, -0.15) is 0 Å². The first kappa shape index (κ1) is 11.3. The van der Waals surface area contributed by atoms with Crippen molar-refractivity contribution in [1.29, 1.82) is 0 Å². The van der Waals surface area contributed by atoms with Gasteiger partial charge in [0, 0.05) is 22.4 Å². The molecule has 0 atom stereocenters. The van der Waals surface area contributed by atoms with Crippen molar-refractivity contribution in [3.05, 3.63) is 42.5 Å². The number of fused-ring (bicyclic) bond motifs is 3. The summed E-state index contributed by atoms with van der Waals surface area (Å²) in [4.78, 5) is 24.6. The van der Waals surface area contributed by atoms with Crippen LogP contribution < -0.4 is 4.74 Å². The summed E-state index contributed by atoms with van der Waals surface area (Å²) in [6.07, 6.45) is 0. The maximum atomic E-state index is 11.0. The van der Waals surface area contributed by atoms with Gasteiger partial charge in [0.1, 0.15) is 5.75 Å². The molecular weight excluding hydrogens is 246 g/mol. The van der Waals surface area contributed by atoms with Gasteiger partial charge in [-0.05, 0) is 18.2 Å². The third-order valence-corrected chi connectivity index (χ3v) is 2.86. The number of esters is 1. The zero-order valence-corrected chi connectivity index (χ0v) is 9.71. The second kappa shape index (κ2) is 4.13. The number of aliphatic carboxylic acids is 1. The first-order valence-corrected chi connectivity index (χ1v) is 5.61. The standard InChI is InChI=1S/C14H9NO4/c16-13(17)14(18)19-8-5-6-10-9-3-1-2-4-11(9)15-12(10)7-8/h1-7,15H,(H,16,17). The normalized spacial score (nSPS) is 10.7. The maximum absolute atomic E-state index is 11.0. The second-order valence-electron chi connectivity index (χ2n) is 4.07. The fraction of sp³-hybridized carbons (Fsp3) is 0. The van der Waals surface area contributed by atoms with Crippen molar-refractivity contribution in [1.82, 2.24) is 4.98 Å². The van der Waals surface area contributed by atoms with Crippen LogP contribution >= 0.6 is 0 Å². The Hall–Kier alpha value is -2.82. The molecule has 0 saturated carbocycles. The molecule has 1 aromatic heterocycles. The number of nitrogens with one attached hydrogen (secondary N) is 1. The molecule has 2 N–H and O–H groups in total. The molecule has 0 aliphatic rings. The Bertz CT molecular complexity index is 803. The van der Waals surface area contributed by atoms with Gasteiger partial charge in [-0.3, -0.25) is 0 Å². The minimum absolute atomic E-state index is 0.200. The minimum atomic E-state index is -1.61. The number of para-hydroxylation sites is 1. The van der Waals surface area contributed by atoms with Crippen molar-refractivity contribution in [2.24, 2.45) is 0 Å². The van der Waals surface area contributed by atoms with E-state index in [1.165, 1.54) is 0 Å². The molecule has 0 radical (unpaired) electrons. The van der Waals surface area contributed by atoms with Gasteiger partial charge in [0.05, 0.1) is 5.52 Å². The van der Waals surface area contributed by atoms with Crippen molar-refractivity contribution in [3.63, 3.8) is 0 Å². The zero-order valence-electron chi connectivity index (χ0n) is 9.71. The lowest BCUT2D eigenvalue weighted by Crippen LogP contribution is -2.19. The first-order valence-electron chi connectivity index (χ1n) is 5.61. The van der Waals surface area contributed by atoms with E-state index in [1.54, 1.807) is 18.2 Å². The van der Waals surface area contributed by atoms with E-state index < -0.39 is 11.9 Å². The fourth-order valence-corrected chi connectivity index (χ4v) is 2.05. The third kappa shape index (κ3) is 1.91. The number of carboxylic acid groups (broad SMARTS) is 1. The van der Waals surface area contributed by atoms with E-state index in [0.717, 1.165) is 21.8 Å². The van der Waals surface area contributed by atoms with Crippen molar-refractivity contribution in [3.8, 4) is 5.75 Å². The van der Waals surface area contributed by atoms with Crippen molar-refractivity contribution >= 4 is 33.7 Å². The van der Waals surface area contributed by atoms with Crippen LogP contribution in [0.15, 0.2) is 42.5 Å². The van der Waals surface area contributed by atoms with E-state index in [2.05, 4.69) is 4.98 Å². The molecular formula is C14H9NO4. The summed E-state index contributed by atoms with van der Waals surface area (Å²) in [5, 5.41) is 10.5. The molecule has 94 valence electrons. The van der Waals surface area contributed by atoms with Crippen LogP contribution in [0.25, 0.3) is 21.8 Å². The average Bonchev–Trinajstić information content (AvgIpc) is 2.76. The summed E-state index contributed by atoms with van der Waals surface area (Å²) in [7, 11) is 0. The Morgan fingerprint density at radius 2 is 1.74 bits per heavy atom. The highest BCUT2D eigenvalue weighted by atomic mass is 16.6. The first-order chi connectivity index (χ1) is 9.15. The number of carbonyl (C=O) groups is 2. The topological polar surface area (TPSA) is 79.4 Å². The Kier molecular flexibility index (Phi) is 2.45. The van der Waals surface area contributed by atoms with Crippen LogP contribution in [0, 0.1) is 0 Å². The molecule has 5 heteroatoms. The van der Waals surface area contributed by atoms with E-state index >= 15 is 0 Å². The average molecular weight is 255 g/mol. The predicted octanol–water partition coefficient (Wildman–Crippen LogP) is 2.31. The van der Waals surface area contributed by atoms with Crippen molar-refractivity contribution < 1.29 is 19.4 Å². The molecule has 3 rings (SSSR count). The number of aromatic amines is 1. The Morgan fingerprint density at radius 3 is 2.53 bits per heavy atom. The summed E-state index contributed by atoms with van der Waals surface area (Å²) in [5.74, 6) is -2.71. The van der Waals surface area contributed by atoms with Crippen LogP contribution in [0.5, 0.6) is 5.75 Å². The van der Waals surface area contributed by atoms with E-state index in [0.29, 0.717) is 0 Å². The smallest absolute Gasteiger partial charge is 0.422 e. The van der Waals surface area contributed by atoms with Gasteiger partial charge in [0.25, 0.3) is 0 Å². The number of hydrogen-bond acceptors (Lipinski definition) is 3. The molecule has 1 heterocycles. The number of carboxylic acids is 1. The molecule has 0 spiro atoms. The molecule has 0 amide bonds. The van der Waals surface area contributed by atoms with Gasteiger partial charge >= 0.3 is 11.9 Å². The van der Waals surface area contributed by atoms with E-state index in [9.17, 15) is 9.59 Å². The van der Waals surface area contributed by atoms with Gasteiger partial charge in [0.2, 0.25) is 0 Å². The lowest BCUT2D eigenvalue weighted by Gasteiger charge is -2.00. The number of ether oxygens (including phenoxy) is 1. The molecule has 0 saturated heterocycles. The van der Waals surface area contributed by atoms with Crippen molar-refractivity contribution in [2.45, 2.75) is 0 Å². The predicted molar refractivity (Wildman–Crippen MR) is 69.1 cm³/mol. The molecule has 0 unspecified atom stereocenters. The van der Waals surface area contributed by atoms with Crippen molar-refractivity contribution in [2.75, 3.05) is 0 Å². The zero-order chi connectivity index (χ0) is 13.4. The molecule has 0 aliphatic carbocycles. The van der Waals surface area contributed by atoms with Crippen LogP contribution in [0.4, 0.5) is 0 Å². The Morgan fingerprint density at radius 1 is 1.00 bits per heavy atom. The van der Waals surface area contributed by atoms with Gasteiger partial charge in [-0.15, -0.1) is 0 Å². The summed E-state index contributed by atoms with van der Waals surface area (Å²) in [6.45, 7) is 0. The molecule has 0 bridgehead atoms. The molecule has 0 aliphatic heterocycles. The quantitative estimate of drug-likeness (QED) is 0.397. The number of H-pyrrole nitrogens is 1. The Balaban J connectivity index is 2.08. The van der Waals surface area contributed by atoms with Gasteiger partial charge in [-0.25, -0.2) is 9.59 Å². The van der Waals surface area contributed by atoms with Crippen LogP contribution in [-0.4, -0.2) is 22.0 Å². The molecule has 3 aromatic rings.